The monoisotopic (exact) mass is 309 g/mol. The number of carboxylic acid groups (broad SMARTS) is 1. The standard InChI is InChI=1S/C18H15NO4/c20-17(12-23-13-6-2-1-3-7-13)15-10-19(11-18(21)22)16-9-5-4-8-14(15)16/h1-10H,11-12H2,(H,21,22). The molecule has 1 N–H and O–H groups in total. The van der Waals surface area contributed by atoms with Crippen molar-refractivity contribution in [2.45, 2.75) is 6.54 Å². The Bertz CT molecular complexity index is 852. The van der Waals surface area contributed by atoms with Gasteiger partial charge in [0.25, 0.3) is 0 Å². The third-order valence-electron chi connectivity index (χ3n) is 3.51. The lowest BCUT2D eigenvalue weighted by molar-refractivity contribution is -0.137. The maximum atomic E-state index is 12.4. The molecule has 0 aliphatic carbocycles. The number of rotatable bonds is 6. The molecule has 0 unspecified atom stereocenters. The number of para-hydroxylation sites is 2. The molecular weight excluding hydrogens is 294 g/mol. The lowest BCUT2D eigenvalue weighted by Gasteiger charge is -2.04. The topological polar surface area (TPSA) is 68.5 Å². The number of carbonyl (C=O) groups is 2. The molecule has 0 radical (unpaired) electrons. The average molecular weight is 309 g/mol. The van der Waals surface area contributed by atoms with E-state index >= 15 is 0 Å². The summed E-state index contributed by atoms with van der Waals surface area (Å²) in [6.45, 7) is -0.279. The lowest BCUT2D eigenvalue weighted by atomic mass is 10.1. The van der Waals surface area contributed by atoms with E-state index in [9.17, 15) is 9.59 Å². The fourth-order valence-corrected chi connectivity index (χ4v) is 2.49. The Morgan fingerprint density at radius 3 is 2.43 bits per heavy atom. The molecule has 0 bridgehead atoms. The third kappa shape index (κ3) is 3.23. The molecule has 1 heterocycles. The Kier molecular flexibility index (Phi) is 4.10. The van der Waals surface area contributed by atoms with Crippen LogP contribution in [0.25, 0.3) is 10.9 Å². The summed E-state index contributed by atoms with van der Waals surface area (Å²) in [6, 6.07) is 16.3. The van der Waals surface area contributed by atoms with Crippen molar-refractivity contribution in [3.05, 3.63) is 66.4 Å². The summed E-state index contributed by atoms with van der Waals surface area (Å²) < 4.78 is 7.05. The fourth-order valence-electron chi connectivity index (χ4n) is 2.49. The van der Waals surface area contributed by atoms with Crippen LogP contribution in [0.3, 0.4) is 0 Å². The first-order chi connectivity index (χ1) is 11.1. The minimum atomic E-state index is -0.953. The number of Topliss-reactive ketones (excluding diaryl/α,β-unsaturated/α-hetero) is 1. The summed E-state index contributed by atoms with van der Waals surface area (Å²) in [7, 11) is 0. The van der Waals surface area contributed by atoms with E-state index in [1.807, 2.05) is 36.4 Å². The van der Waals surface area contributed by atoms with Gasteiger partial charge in [-0.2, -0.15) is 0 Å². The van der Waals surface area contributed by atoms with Gasteiger partial charge in [0.2, 0.25) is 5.78 Å². The molecule has 0 saturated heterocycles. The third-order valence-corrected chi connectivity index (χ3v) is 3.51. The van der Waals surface area contributed by atoms with Gasteiger partial charge in [-0.3, -0.25) is 9.59 Å². The summed E-state index contributed by atoms with van der Waals surface area (Å²) in [5, 5.41) is 9.73. The van der Waals surface area contributed by atoms with Crippen LogP contribution in [-0.2, 0) is 11.3 Å². The van der Waals surface area contributed by atoms with Crippen molar-refractivity contribution in [2.75, 3.05) is 6.61 Å². The van der Waals surface area contributed by atoms with Gasteiger partial charge in [0, 0.05) is 22.7 Å². The zero-order chi connectivity index (χ0) is 16.2. The predicted octanol–water partition coefficient (Wildman–Crippen LogP) is 2.99. The molecule has 0 saturated carbocycles. The van der Waals surface area contributed by atoms with Gasteiger partial charge in [0.1, 0.15) is 12.3 Å². The van der Waals surface area contributed by atoms with Gasteiger partial charge in [0.05, 0.1) is 0 Å². The minimum Gasteiger partial charge on any atom is -0.485 e. The number of ether oxygens (including phenoxy) is 1. The highest BCUT2D eigenvalue weighted by Gasteiger charge is 2.16. The second kappa shape index (κ2) is 6.36. The molecule has 0 aliphatic rings. The van der Waals surface area contributed by atoms with Crippen LogP contribution in [0.4, 0.5) is 0 Å². The summed E-state index contributed by atoms with van der Waals surface area (Å²) >= 11 is 0. The molecule has 0 aliphatic heterocycles. The highest BCUT2D eigenvalue weighted by molar-refractivity contribution is 6.09. The van der Waals surface area contributed by atoms with Gasteiger partial charge in [-0.1, -0.05) is 36.4 Å². The molecule has 0 fully saturated rings. The summed E-state index contributed by atoms with van der Waals surface area (Å²) in [5.74, 6) is -0.519. The van der Waals surface area contributed by atoms with Gasteiger partial charge in [-0.15, -0.1) is 0 Å². The number of hydrogen-bond acceptors (Lipinski definition) is 3. The first kappa shape index (κ1) is 14.8. The molecule has 3 aromatic rings. The van der Waals surface area contributed by atoms with Crippen LogP contribution in [0.15, 0.2) is 60.8 Å². The number of carbonyl (C=O) groups excluding carboxylic acids is 1. The van der Waals surface area contributed by atoms with E-state index in [-0.39, 0.29) is 18.9 Å². The summed E-state index contributed by atoms with van der Waals surface area (Å²) in [6.07, 6.45) is 1.58. The van der Waals surface area contributed by atoms with Crippen molar-refractivity contribution >= 4 is 22.7 Å². The minimum absolute atomic E-state index is 0.0922. The Balaban J connectivity index is 1.86. The largest absolute Gasteiger partial charge is 0.485 e. The number of hydrogen-bond donors (Lipinski definition) is 1. The van der Waals surface area contributed by atoms with Crippen molar-refractivity contribution < 1.29 is 19.4 Å². The van der Waals surface area contributed by atoms with Crippen LogP contribution in [0.2, 0.25) is 0 Å². The summed E-state index contributed by atoms with van der Waals surface area (Å²) in [5.41, 5.74) is 1.19. The molecule has 116 valence electrons. The zero-order valence-electron chi connectivity index (χ0n) is 12.3. The first-order valence-corrected chi connectivity index (χ1v) is 7.16. The molecule has 1 aromatic heterocycles. The second-order valence-electron chi connectivity index (χ2n) is 5.11. The van der Waals surface area contributed by atoms with Crippen LogP contribution < -0.4 is 4.74 Å². The molecule has 5 heteroatoms. The molecule has 23 heavy (non-hydrogen) atoms. The van der Waals surface area contributed by atoms with Crippen molar-refractivity contribution in [1.29, 1.82) is 0 Å². The van der Waals surface area contributed by atoms with Crippen LogP contribution in [0.5, 0.6) is 5.75 Å². The molecule has 0 atom stereocenters. The number of nitrogens with zero attached hydrogens (tertiary/aromatic N) is 1. The lowest BCUT2D eigenvalue weighted by Crippen LogP contribution is -2.11. The summed E-state index contributed by atoms with van der Waals surface area (Å²) in [4.78, 5) is 23.4. The van der Waals surface area contributed by atoms with E-state index in [2.05, 4.69) is 0 Å². The van der Waals surface area contributed by atoms with E-state index < -0.39 is 5.97 Å². The van der Waals surface area contributed by atoms with Crippen molar-refractivity contribution in [3.8, 4) is 5.75 Å². The van der Waals surface area contributed by atoms with Gasteiger partial charge in [-0.05, 0) is 18.2 Å². The number of carboxylic acids is 1. The number of aliphatic carboxylic acids is 1. The van der Waals surface area contributed by atoms with Crippen molar-refractivity contribution in [2.24, 2.45) is 0 Å². The number of benzene rings is 2. The normalized spacial score (nSPS) is 10.6. The van der Waals surface area contributed by atoms with Crippen molar-refractivity contribution in [1.82, 2.24) is 4.57 Å². The van der Waals surface area contributed by atoms with Crippen LogP contribution in [0.1, 0.15) is 10.4 Å². The Morgan fingerprint density at radius 1 is 1.00 bits per heavy atom. The molecule has 5 nitrogen and oxygen atoms in total. The zero-order valence-corrected chi connectivity index (χ0v) is 12.3. The maximum Gasteiger partial charge on any atom is 0.323 e. The van der Waals surface area contributed by atoms with E-state index in [1.165, 1.54) is 0 Å². The number of fused-ring (bicyclic) bond motifs is 1. The van der Waals surface area contributed by atoms with E-state index in [1.54, 1.807) is 29.0 Å². The maximum absolute atomic E-state index is 12.4. The fraction of sp³-hybridized carbons (Fsp3) is 0.111. The van der Waals surface area contributed by atoms with E-state index in [0.717, 1.165) is 10.9 Å². The Labute approximate surface area is 132 Å². The van der Waals surface area contributed by atoms with Gasteiger partial charge < -0.3 is 14.4 Å². The van der Waals surface area contributed by atoms with Gasteiger partial charge >= 0.3 is 5.97 Å². The Hall–Kier alpha value is -3.08. The Morgan fingerprint density at radius 2 is 1.70 bits per heavy atom. The number of ketones is 1. The highest BCUT2D eigenvalue weighted by Crippen LogP contribution is 2.22. The second-order valence-corrected chi connectivity index (χ2v) is 5.11. The average Bonchev–Trinajstić information content (AvgIpc) is 2.92. The highest BCUT2D eigenvalue weighted by atomic mass is 16.5. The van der Waals surface area contributed by atoms with Crippen LogP contribution >= 0.6 is 0 Å². The SMILES string of the molecule is O=C(O)Cn1cc(C(=O)COc2ccccc2)c2ccccc21. The number of aromatic nitrogens is 1. The molecule has 0 spiro atoms. The smallest absolute Gasteiger partial charge is 0.323 e. The van der Waals surface area contributed by atoms with E-state index in [4.69, 9.17) is 9.84 Å². The van der Waals surface area contributed by atoms with Crippen LogP contribution in [-0.4, -0.2) is 28.0 Å². The van der Waals surface area contributed by atoms with Crippen LogP contribution in [0, 0.1) is 0 Å². The first-order valence-electron chi connectivity index (χ1n) is 7.16. The van der Waals surface area contributed by atoms with Gasteiger partial charge in [-0.25, -0.2) is 0 Å². The van der Waals surface area contributed by atoms with Gasteiger partial charge in [0.15, 0.2) is 6.61 Å². The quantitative estimate of drug-likeness (QED) is 0.711. The molecule has 3 rings (SSSR count). The predicted molar refractivity (Wildman–Crippen MR) is 85.8 cm³/mol. The molecular formula is C18H15NO4. The van der Waals surface area contributed by atoms with E-state index in [0.29, 0.717) is 11.3 Å². The van der Waals surface area contributed by atoms with Crippen molar-refractivity contribution in [3.63, 3.8) is 0 Å². The molecule has 2 aromatic carbocycles. The molecule has 0 amide bonds.